The third kappa shape index (κ3) is 5.14. The van der Waals surface area contributed by atoms with Crippen molar-refractivity contribution in [1.29, 1.82) is 0 Å². The van der Waals surface area contributed by atoms with Gasteiger partial charge in [-0.05, 0) is 18.6 Å². The number of benzene rings is 1. The van der Waals surface area contributed by atoms with Gasteiger partial charge in [0.2, 0.25) is 5.91 Å². The van der Waals surface area contributed by atoms with Gasteiger partial charge in [0.15, 0.2) is 0 Å². The van der Waals surface area contributed by atoms with Gasteiger partial charge in [0, 0.05) is 6.42 Å². The molecule has 0 saturated carbocycles. The molecule has 0 aliphatic carbocycles. The van der Waals surface area contributed by atoms with Crippen LogP contribution in [0.4, 0.5) is 0 Å². The molecule has 4 nitrogen and oxygen atoms in total. The summed E-state index contributed by atoms with van der Waals surface area (Å²) in [5.74, 6) is 0.680. The molecule has 0 fully saturated rings. The fraction of sp³-hybridized carbons (Fsp3) is 0.333. The van der Waals surface area contributed by atoms with Crippen LogP contribution >= 0.6 is 0 Å². The predicted octanol–water partition coefficient (Wildman–Crippen LogP) is 1.16. The number of hydrogen-bond acceptors (Lipinski definition) is 3. The third-order valence-corrected chi connectivity index (χ3v) is 1.94. The first-order valence-electron chi connectivity index (χ1n) is 5.21. The molecule has 1 amide bonds. The lowest BCUT2D eigenvalue weighted by Gasteiger charge is -2.05. The number of para-hydroxylation sites is 1. The summed E-state index contributed by atoms with van der Waals surface area (Å²) in [5.41, 5.74) is 0. The van der Waals surface area contributed by atoms with Crippen LogP contribution < -0.4 is 10.1 Å². The van der Waals surface area contributed by atoms with Gasteiger partial charge in [-0.15, -0.1) is 0 Å². The van der Waals surface area contributed by atoms with Crippen LogP contribution in [0.2, 0.25) is 0 Å². The van der Waals surface area contributed by atoms with Gasteiger partial charge in [0.1, 0.15) is 12.0 Å². The van der Waals surface area contributed by atoms with Crippen LogP contribution in [0.1, 0.15) is 12.8 Å². The van der Waals surface area contributed by atoms with Crippen molar-refractivity contribution in [1.82, 2.24) is 5.32 Å². The maximum Gasteiger partial charge on any atom is 0.220 e. The van der Waals surface area contributed by atoms with E-state index in [1.807, 2.05) is 30.3 Å². The van der Waals surface area contributed by atoms with Gasteiger partial charge < -0.3 is 14.8 Å². The van der Waals surface area contributed by atoms with Gasteiger partial charge in [-0.2, -0.15) is 0 Å². The predicted molar refractivity (Wildman–Crippen MR) is 60.2 cm³/mol. The van der Waals surface area contributed by atoms with Crippen molar-refractivity contribution in [2.45, 2.75) is 12.8 Å². The van der Waals surface area contributed by atoms with Crippen molar-refractivity contribution in [3.8, 4) is 5.75 Å². The first-order chi connectivity index (χ1) is 7.83. The van der Waals surface area contributed by atoms with E-state index in [2.05, 4.69) is 5.32 Å². The van der Waals surface area contributed by atoms with Gasteiger partial charge in [0.25, 0.3) is 0 Å². The Hall–Kier alpha value is -1.84. The third-order valence-electron chi connectivity index (χ3n) is 1.94. The Morgan fingerprint density at radius 2 is 2.06 bits per heavy atom. The summed E-state index contributed by atoms with van der Waals surface area (Å²) in [6.07, 6.45) is 1.68. The largest absolute Gasteiger partial charge is 0.494 e. The minimum Gasteiger partial charge on any atom is -0.494 e. The van der Waals surface area contributed by atoms with Gasteiger partial charge in [-0.25, -0.2) is 0 Å². The average molecular weight is 221 g/mol. The summed E-state index contributed by atoms with van der Waals surface area (Å²) in [7, 11) is 0. The van der Waals surface area contributed by atoms with Crippen molar-refractivity contribution in [2.24, 2.45) is 0 Å². The molecule has 0 atom stereocenters. The number of hydrogen-bond donors (Lipinski definition) is 1. The summed E-state index contributed by atoms with van der Waals surface area (Å²) >= 11 is 0. The van der Waals surface area contributed by atoms with Crippen molar-refractivity contribution < 1.29 is 14.3 Å². The van der Waals surface area contributed by atoms with Crippen LogP contribution in [-0.2, 0) is 9.59 Å². The number of aldehydes is 1. The van der Waals surface area contributed by atoms with E-state index in [1.165, 1.54) is 0 Å². The maximum atomic E-state index is 11.1. The Balaban J connectivity index is 2.08. The van der Waals surface area contributed by atoms with Crippen molar-refractivity contribution in [3.63, 3.8) is 0 Å². The summed E-state index contributed by atoms with van der Waals surface area (Å²) in [5, 5.41) is 2.47. The Labute approximate surface area is 94.6 Å². The van der Waals surface area contributed by atoms with Crippen LogP contribution in [0.3, 0.4) is 0 Å². The van der Waals surface area contributed by atoms with Gasteiger partial charge >= 0.3 is 0 Å². The van der Waals surface area contributed by atoms with Gasteiger partial charge in [-0.1, -0.05) is 18.2 Å². The zero-order chi connectivity index (χ0) is 11.6. The monoisotopic (exact) mass is 221 g/mol. The number of amides is 1. The molecule has 0 spiro atoms. The lowest BCUT2D eigenvalue weighted by Crippen LogP contribution is -2.25. The van der Waals surface area contributed by atoms with Crippen LogP contribution in [-0.4, -0.2) is 25.3 Å². The zero-order valence-corrected chi connectivity index (χ0v) is 9.02. The molecule has 0 aliphatic heterocycles. The Bertz CT molecular complexity index is 324. The Morgan fingerprint density at radius 3 is 2.75 bits per heavy atom. The molecule has 0 bridgehead atoms. The second kappa shape index (κ2) is 7.45. The lowest BCUT2D eigenvalue weighted by atomic mass is 10.3. The van der Waals surface area contributed by atoms with E-state index in [0.717, 1.165) is 5.75 Å². The minimum atomic E-state index is -0.122. The molecule has 4 heteroatoms. The van der Waals surface area contributed by atoms with E-state index in [0.29, 0.717) is 25.7 Å². The van der Waals surface area contributed by atoms with Crippen LogP contribution in [0.5, 0.6) is 5.75 Å². The van der Waals surface area contributed by atoms with Gasteiger partial charge in [-0.3, -0.25) is 4.79 Å². The molecule has 16 heavy (non-hydrogen) atoms. The molecular formula is C12H15NO3. The molecule has 0 aliphatic rings. The maximum absolute atomic E-state index is 11.1. The molecule has 1 aromatic rings. The second-order valence-electron chi connectivity index (χ2n) is 3.24. The first kappa shape index (κ1) is 12.2. The molecular weight excluding hydrogens is 206 g/mol. The highest BCUT2D eigenvalue weighted by atomic mass is 16.5. The quantitative estimate of drug-likeness (QED) is 0.555. The number of carbonyl (C=O) groups excluding carboxylic acids is 2. The number of ether oxygens (including phenoxy) is 1. The molecule has 1 rings (SSSR count). The minimum absolute atomic E-state index is 0.0817. The Kier molecular flexibility index (Phi) is 5.70. The summed E-state index contributed by atoms with van der Waals surface area (Å²) in [6, 6.07) is 9.44. The van der Waals surface area contributed by atoms with E-state index in [1.54, 1.807) is 0 Å². The smallest absolute Gasteiger partial charge is 0.220 e. The normalized spacial score (nSPS) is 9.50. The number of rotatable bonds is 7. The highest BCUT2D eigenvalue weighted by Crippen LogP contribution is 2.08. The molecule has 1 aromatic carbocycles. The standard InChI is InChI=1S/C12H15NO3/c14-9-8-13-12(15)7-4-10-16-11-5-2-1-3-6-11/h1-3,5-6,9H,4,7-8,10H2,(H,13,15). The highest BCUT2D eigenvalue weighted by Gasteiger charge is 1.99. The van der Waals surface area contributed by atoms with Crippen LogP contribution in [0.25, 0.3) is 0 Å². The van der Waals surface area contributed by atoms with E-state index < -0.39 is 0 Å². The van der Waals surface area contributed by atoms with Gasteiger partial charge in [0.05, 0.1) is 13.2 Å². The Morgan fingerprint density at radius 1 is 1.31 bits per heavy atom. The molecule has 86 valence electrons. The molecule has 0 heterocycles. The molecule has 0 unspecified atom stereocenters. The fourth-order valence-electron chi connectivity index (χ4n) is 1.18. The average Bonchev–Trinajstić information content (AvgIpc) is 2.33. The molecule has 0 saturated heterocycles. The summed E-state index contributed by atoms with van der Waals surface area (Å²) < 4.78 is 5.41. The fourth-order valence-corrected chi connectivity index (χ4v) is 1.18. The zero-order valence-electron chi connectivity index (χ0n) is 9.02. The van der Waals surface area contributed by atoms with E-state index in [9.17, 15) is 9.59 Å². The van der Waals surface area contributed by atoms with Crippen LogP contribution in [0, 0.1) is 0 Å². The van der Waals surface area contributed by atoms with E-state index >= 15 is 0 Å². The molecule has 1 N–H and O–H groups in total. The highest BCUT2D eigenvalue weighted by molar-refractivity contribution is 5.78. The van der Waals surface area contributed by atoms with E-state index in [4.69, 9.17) is 4.74 Å². The first-order valence-corrected chi connectivity index (χ1v) is 5.21. The molecule has 0 radical (unpaired) electrons. The lowest BCUT2D eigenvalue weighted by molar-refractivity contribution is -0.122. The van der Waals surface area contributed by atoms with Crippen molar-refractivity contribution in [3.05, 3.63) is 30.3 Å². The number of nitrogens with one attached hydrogen (secondary N) is 1. The summed E-state index contributed by atoms with van der Waals surface area (Å²) in [6.45, 7) is 0.580. The summed E-state index contributed by atoms with van der Waals surface area (Å²) in [4.78, 5) is 21.1. The van der Waals surface area contributed by atoms with Crippen molar-refractivity contribution in [2.75, 3.05) is 13.2 Å². The van der Waals surface area contributed by atoms with E-state index in [-0.39, 0.29) is 12.5 Å². The second-order valence-corrected chi connectivity index (χ2v) is 3.24. The van der Waals surface area contributed by atoms with Crippen LogP contribution in [0.15, 0.2) is 30.3 Å². The SMILES string of the molecule is O=CCNC(=O)CCCOc1ccccc1. The topological polar surface area (TPSA) is 55.4 Å². The number of carbonyl (C=O) groups is 2. The van der Waals surface area contributed by atoms with Crippen molar-refractivity contribution >= 4 is 12.2 Å². The molecule has 0 aromatic heterocycles.